The van der Waals surface area contributed by atoms with E-state index >= 15 is 0 Å². The number of aromatic hydroxyl groups is 1. The van der Waals surface area contributed by atoms with Crippen LogP contribution in [0.4, 0.5) is 4.39 Å². The Bertz CT molecular complexity index is 871. The van der Waals surface area contributed by atoms with Crippen molar-refractivity contribution in [2.45, 2.75) is 12.8 Å². The Morgan fingerprint density at radius 2 is 1.80 bits per heavy atom. The number of nitrogens with one attached hydrogen (secondary N) is 1. The first kappa shape index (κ1) is 16.7. The number of aryl methyl sites for hydroxylation is 2. The molecule has 0 saturated heterocycles. The number of carbonyl (C=O) groups is 1. The van der Waals surface area contributed by atoms with E-state index in [0.717, 1.165) is 5.56 Å². The average Bonchev–Trinajstić information content (AvgIpc) is 3.05. The first-order valence-corrected chi connectivity index (χ1v) is 7.83. The molecule has 0 fully saturated rings. The van der Waals surface area contributed by atoms with Crippen LogP contribution < -0.4 is 5.32 Å². The molecule has 0 aliphatic heterocycles. The monoisotopic (exact) mass is 340 g/mol. The molecule has 128 valence electrons. The number of benzene rings is 2. The normalized spacial score (nSPS) is 10.6. The van der Waals surface area contributed by atoms with Crippen molar-refractivity contribution in [2.75, 3.05) is 7.05 Å². The first-order chi connectivity index (χ1) is 12.1. The standard InChI is InChI=1S/C19H17FN2O3/c1-21-19(24)17-16(11-4-12-2-9-15(23)10-3-12)25-22-18(17)13-5-7-14(20)8-6-13/h2-3,5-10,23H,4,11H2,1H3,(H,21,24). The van der Waals surface area contributed by atoms with Gasteiger partial charge in [0.15, 0.2) is 0 Å². The van der Waals surface area contributed by atoms with Gasteiger partial charge < -0.3 is 14.9 Å². The highest BCUT2D eigenvalue weighted by molar-refractivity contribution is 6.00. The fourth-order valence-corrected chi connectivity index (χ4v) is 2.58. The lowest BCUT2D eigenvalue weighted by atomic mass is 10.0. The molecule has 2 N–H and O–H groups in total. The molecule has 1 aromatic heterocycles. The fourth-order valence-electron chi connectivity index (χ4n) is 2.58. The Kier molecular flexibility index (Phi) is 4.79. The number of rotatable bonds is 5. The van der Waals surface area contributed by atoms with Crippen LogP contribution in [0.5, 0.6) is 5.75 Å². The van der Waals surface area contributed by atoms with Gasteiger partial charge in [0.2, 0.25) is 0 Å². The lowest BCUT2D eigenvalue weighted by Crippen LogP contribution is -2.19. The van der Waals surface area contributed by atoms with Gasteiger partial charge in [-0.1, -0.05) is 17.3 Å². The molecule has 0 spiro atoms. The van der Waals surface area contributed by atoms with Crippen LogP contribution in [-0.4, -0.2) is 23.2 Å². The molecular formula is C19H17FN2O3. The molecule has 25 heavy (non-hydrogen) atoms. The third-order valence-electron chi connectivity index (χ3n) is 3.91. The third-order valence-corrected chi connectivity index (χ3v) is 3.91. The molecule has 1 amide bonds. The molecule has 5 nitrogen and oxygen atoms in total. The minimum absolute atomic E-state index is 0.202. The highest BCUT2D eigenvalue weighted by atomic mass is 19.1. The molecule has 0 saturated carbocycles. The highest BCUT2D eigenvalue weighted by Crippen LogP contribution is 2.27. The van der Waals surface area contributed by atoms with Crippen molar-refractivity contribution in [1.82, 2.24) is 10.5 Å². The zero-order chi connectivity index (χ0) is 17.8. The highest BCUT2D eigenvalue weighted by Gasteiger charge is 2.23. The molecule has 6 heteroatoms. The van der Waals surface area contributed by atoms with Crippen LogP contribution in [0.3, 0.4) is 0 Å². The molecule has 3 aromatic rings. The second-order valence-electron chi connectivity index (χ2n) is 5.58. The van der Waals surface area contributed by atoms with Gasteiger partial charge >= 0.3 is 0 Å². The van der Waals surface area contributed by atoms with Gasteiger partial charge in [-0.25, -0.2) is 4.39 Å². The number of hydrogen-bond acceptors (Lipinski definition) is 4. The van der Waals surface area contributed by atoms with Crippen molar-refractivity contribution < 1.29 is 18.8 Å². The molecule has 0 atom stereocenters. The summed E-state index contributed by atoms with van der Waals surface area (Å²) < 4.78 is 18.5. The van der Waals surface area contributed by atoms with E-state index in [1.807, 2.05) is 12.1 Å². The van der Waals surface area contributed by atoms with Crippen LogP contribution in [0.15, 0.2) is 53.1 Å². The number of phenols is 1. The number of carbonyl (C=O) groups excluding carboxylic acids is 1. The SMILES string of the molecule is CNC(=O)c1c(-c2ccc(F)cc2)noc1CCc1ccc(O)cc1. The van der Waals surface area contributed by atoms with Crippen molar-refractivity contribution in [3.63, 3.8) is 0 Å². The molecule has 0 radical (unpaired) electrons. The van der Waals surface area contributed by atoms with Crippen molar-refractivity contribution >= 4 is 5.91 Å². The quantitative estimate of drug-likeness (QED) is 0.747. The first-order valence-electron chi connectivity index (χ1n) is 7.83. The second kappa shape index (κ2) is 7.17. The second-order valence-corrected chi connectivity index (χ2v) is 5.58. The van der Waals surface area contributed by atoms with Crippen LogP contribution in [0.2, 0.25) is 0 Å². The lowest BCUT2D eigenvalue weighted by molar-refractivity contribution is 0.0961. The molecule has 0 aliphatic carbocycles. The lowest BCUT2D eigenvalue weighted by Gasteiger charge is -2.04. The minimum Gasteiger partial charge on any atom is -0.508 e. The number of amides is 1. The number of halogens is 1. The third kappa shape index (κ3) is 3.68. The van der Waals surface area contributed by atoms with E-state index in [1.54, 1.807) is 24.3 Å². The number of aromatic nitrogens is 1. The fraction of sp³-hybridized carbons (Fsp3) is 0.158. The summed E-state index contributed by atoms with van der Waals surface area (Å²) in [6.07, 6.45) is 1.10. The molecular weight excluding hydrogens is 323 g/mol. The van der Waals surface area contributed by atoms with Gasteiger partial charge in [-0.3, -0.25) is 4.79 Å². The van der Waals surface area contributed by atoms with Gasteiger partial charge in [-0.05, 0) is 48.4 Å². The van der Waals surface area contributed by atoms with Gasteiger partial charge in [0.05, 0.1) is 0 Å². The predicted octanol–water partition coefficient (Wildman–Crippen LogP) is 3.33. The van der Waals surface area contributed by atoms with E-state index in [1.165, 1.54) is 19.2 Å². The van der Waals surface area contributed by atoms with Crippen LogP contribution in [0, 0.1) is 5.82 Å². The van der Waals surface area contributed by atoms with Crippen LogP contribution in [0.25, 0.3) is 11.3 Å². The van der Waals surface area contributed by atoms with E-state index in [9.17, 15) is 14.3 Å². The molecule has 0 unspecified atom stereocenters. The van der Waals surface area contributed by atoms with E-state index in [2.05, 4.69) is 10.5 Å². The summed E-state index contributed by atoms with van der Waals surface area (Å²) in [7, 11) is 1.54. The Morgan fingerprint density at radius 1 is 1.12 bits per heavy atom. The van der Waals surface area contributed by atoms with Crippen LogP contribution >= 0.6 is 0 Å². The molecule has 1 heterocycles. The summed E-state index contributed by atoms with van der Waals surface area (Å²) in [6.45, 7) is 0. The molecule has 0 bridgehead atoms. The predicted molar refractivity (Wildman–Crippen MR) is 90.8 cm³/mol. The summed E-state index contributed by atoms with van der Waals surface area (Å²) in [5.41, 5.74) is 2.35. The summed E-state index contributed by atoms with van der Waals surface area (Å²) in [5.74, 6) is 0.00221. The summed E-state index contributed by atoms with van der Waals surface area (Å²) in [5, 5.41) is 15.9. The summed E-state index contributed by atoms with van der Waals surface area (Å²) in [4.78, 5) is 12.3. The summed E-state index contributed by atoms with van der Waals surface area (Å²) >= 11 is 0. The van der Waals surface area contributed by atoms with Gasteiger partial charge in [0.1, 0.15) is 28.6 Å². The van der Waals surface area contributed by atoms with E-state index in [-0.39, 0.29) is 17.5 Å². The van der Waals surface area contributed by atoms with Crippen molar-refractivity contribution in [1.29, 1.82) is 0 Å². The van der Waals surface area contributed by atoms with Crippen molar-refractivity contribution in [3.8, 4) is 17.0 Å². The maximum absolute atomic E-state index is 13.1. The van der Waals surface area contributed by atoms with Crippen LogP contribution in [-0.2, 0) is 12.8 Å². The zero-order valence-corrected chi connectivity index (χ0v) is 13.6. The van der Waals surface area contributed by atoms with Crippen molar-refractivity contribution in [3.05, 3.63) is 71.2 Å². The molecule has 0 aliphatic rings. The maximum Gasteiger partial charge on any atom is 0.256 e. The molecule has 3 rings (SSSR count). The zero-order valence-electron chi connectivity index (χ0n) is 13.6. The van der Waals surface area contributed by atoms with E-state index < -0.39 is 0 Å². The summed E-state index contributed by atoms with van der Waals surface area (Å²) in [6, 6.07) is 12.6. The smallest absolute Gasteiger partial charge is 0.256 e. The van der Waals surface area contributed by atoms with Crippen molar-refractivity contribution in [2.24, 2.45) is 0 Å². The van der Waals surface area contributed by atoms with Crippen LogP contribution in [0.1, 0.15) is 21.7 Å². The average molecular weight is 340 g/mol. The Morgan fingerprint density at radius 3 is 2.44 bits per heavy atom. The van der Waals surface area contributed by atoms with Gasteiger partial charge in [0.25, 0.3) is 5.91 Å². The minimum atomic E-state index is -0.360. The largest absolute Gasteiger partial charge is 0.508 e. The van der Waals surface area contributed by atoms with Gasteiger partial charge in [-0.15, -0.1) is 0 Å². The Hall–Kier alpha value is -3.15. The topological polar surface area (TPSA) is 75.4 Å². The number of phenolic OH excluding ortho intramolecular Hbond substituents is 1. The van der Waals surface area contributed by atoms with Gasteiger partial charge in [0, 0.05) is 19.0 Å². The van der Waals surface area contributed by atoms with E-state index in [4.69, 9.17) is 4.52 Å². The Labute approximate surface area is 144 Å². The Balaban J connectivity index is 1.89. The maximum atomic E-state index is 13.1. The van der Waals surface area contributed by atoms with Gasteiger partial charge in [-0.2, -0.15) is 0 Å². The number of nitrogens with zero attached hydrogens (tertiary/aromatic N) is 1. The number of hydrogen-bond donors (Lipinski definition) is 2. The van der Waals surface area contributed by atoms with E-state index in [0.29, 0.717) is 35.4 Å². The molecule has 2 aromatic carbocycles.